The first-order chi connectivity index (χ1) is 12.3. The molecule has 1 N–H and O–H groups in total. The second-order valence-electron chi connectivity index (χ2n) is 7.78. The highest BCUT2D eigenvalue weighted by Crippen LogP contribution is 2.38. The summed E-state index contributed by atoms with van der Waals surface area (Å²) in [4.78, 5) is 27.5. The number of rotatable bonds is 4. The number of ether oxygens (including phenoxy) is 1. The van der Waals surface area contributed by atoms with Gasteiger partial charge < -0.3 is 10.1 Å². The van der Waals surface area contributed by atoms with Crippen molar-refractivity contribution in [1.82, 2.24) is 4.90 Å². The summed E-state index contributed by atoms with van der Waals surface area (Å²) in [5, 5.41) is 2.46. The molecular formula is C19H24F2N2O3S. The van der Waals surface area contributed by atoms with Gasteiger partial charge in [0.05, 0.1) is 0 Å². The Bertz CT molecular complexity index is 780. The molecule has 8 heteroatoms. The van der Waals surface area contributed by atoms with Crippen molar-refractivity contribution in [1.29, 1.82) is 0 Å². The third kappa shape index (κ3) is 5.00. The van der Waals surface area contributed by atoms with Crippen LogP contribution in [0.4, 0.5) is 14.5 Å². The van der Waals surface area contributed by atoms with Gasteiger partial charge in [0.2, 0.25) is 5.91 Å². The molecule has 5 nitrogen and oxygen atoms in total. The Morgan fingerprint density at radius 1 is 1.15 bits per heavy atom. The molecule has 1 aromatic rings. The fourth-order valence-corrected chi connectivity index (χ4v) is 3.44. The van der Waals surface area contributed by atoms with Crippen molar-refractivity contribution in [2.75, 3.05) is 12.0 Å². The zero-order valence-electron chi connectivity index (χ0n) is 16.3. The van der Waals surface area contributed by atoms with Gasteiger partial charge in [0, 0.05) is 16.5 Å². The van der Waals surface area contributed by atoms with Crippen LogP contribution in [-0.2, 0) is 14.3 Å². The summed E-state index contributed by atoms with van der Waals surface area (Å²) in [6, 6.07) is 2.74. The lowest BCUT2D eigenvalue weighted by atomic mass is 10.0. The first-order valence-electron chi connectivity index (χ1n) is 8.43. The number of benzene rings is 1. The maximum atomic E-state index is 13.4. The largest absolute Gasteiger partial charge is 0.476 e. The third-order valence-electron chi connectivity index (χ3n) is 3.93. The van der Waals surface area contributed by atoms with Crippen LogP contribution in [0.25, 0.3) is 0 Å². The van der Waals surface area contributed by atoms with E-state index in [1.807, 2.05) is 20.8 Å². The van der Waals surface area contributed by atoms with Gasteiger partial charge in [0.1, 0.15) is 27.8 Å². The highest BCUT2D eigenvalue weighted by Gasteiger charge is 2.43. The molecule has 0 aromatic heterocycles. The molecule has 27 heavy (non-hydrogen) atoms. The summed E-state index contributed by atoms with van der Waals surface area (Å²) >= 11 is 1.37. The highest BCUT2D eigenvalue weighted by atomic mass is 32.2. The van der Waals surface area contributed by atoms with Gasteiger partial charge in [-0.3, -0.25) is 14.5 Å². The number of hydrogen-bond acceptors (Lipinski definition) is 4. The molecule has 1 aliphatic heterocycles. The van der Waals surface area contributed by atoms with Crippen molar-refractivity contribution in [2.24, 2.45) is 0 Å². The first-order valence-corrected chi connectivity index (χ1v) is 9.25. The lowest BCUT2D eigenvalue weighted by Gasteiger charge is -2.40. The minimum Gasteiger partial charge on any atom is -0.476 e. The van der Waals surface area contributed by atoms with E-state index in [4.69, 9.17) is 4.74 Å². The molecule has 0 spiro atoms. The number of halogens is 2. The van der Waals surface area contributed by atoms with E-state index < -0.39 is 23.1 Å². The predicted octanol–water partition coefficient (Wildman–Crippen LogP) is 4.26. The molecule has 0 radical (unpaired) electrons. The molecule has 0 unspecified atom stereocenters. The average molecular weight is 398 g/mol. The molecule has 2 rings (SSSR count). The monoisotopic (exact) mass is 398 g/mol. The van der Waals surface area contributed by atoms with Gasteiger partial charge in [0.15, 0.2) is 6.73 Å². The number of hydrogen-bond donors (Lipinski definition) is 1. The van der Waals surface area contributed by atoms with Crippen LogP contribution in [0, 0.1) is 11.6 Å². The smallest absolute Gasteiger partial charge is 0.267 e. The van der Waals surface area contributed by atoms with E-state index in [2.05, 4.69) is 5.32 Å². The van der Waals surface area contributed by atoms with E-state index in [9.17, 15) is 18.4 Å². The van der Waals surface area contributed by atoms with Gasteiger partial charge in [-0.2, -0.15) is 0 Å². The van der Waals surface area contributed by atoms with Crippen molar-refractivity contribution < 1.29 is 23.1 Å². The van der Waals surface area contributed by atoms with Gasteiger partial charge in [-0.15, -0.1) is 11.8 Å². The van der Waals surface area contributed by atoms with Crippen LogP contribution in [0.2, 0.25) is 0 Å². The number of amides is 2. The van der Waals surface area contributed by atoms with Crippen LogP contribution in [0.1, 0.15) is 41.5 Å². The topological polar surface area (TPSA) is 58.6 Å². The number of allylic oxidation sites excluding steroid dienone is 1. The standard InChI is InChI=1S/C19H24F2N2O3S/c1-11-15(27-18(2,3)4)16(24)23(10-26-11)19(5,6)17(25)22-14-8-12(20)7-13(21)9-14/h7-9H,10H2,1-6H3,(H,22,25). The Morgan fingerprint density at radius 2 is 1.70 bits per heavy atom. The first kappa shape index (κ1) is 21.2. The zero-order chi connectivity index (χ0) is 20.6. The minimum absolute atomic E-state index is 0.0213. The van der Waals surface area contributed by atoms with Crippen molar-refractivity contribution in [2.45, 2.75) is 51.8 Å². The molecule has 0 aliphatic carbocycles. The maximum Gasteiger partial charge on any atom is 0.267 e. The van der Waals surface area contributed by atoms with Crippen molar-refractivity contribution in [3.8, 4) is 0 Å². The Labute approximate surface area is 162 Å². The van der Waals surface area contributed by atoms with Crippen LogP contribution in [-0.4, -0.2) is 33.7 Å². The molecule has 1 aliphatic rings. The van der Waals surface area contributed by atoms with Crippen LogP contribution < -0.4 is 5.32 Å². The van der Waals surface area contributed by atoms with Crippen LogP contribution in [0.5, 0.6) is 0 Å². The lowest BCUT2D eigenvalue weighted by Crippen LogP contribution is -2.57. The lowest BCUT2D eigenvalue weighted by molar-refractivity contribution is -0.148. The highest BCUT2D eigenvalue weighted by molar-refractivity contribution is 8.05. The molecule has 2 amide bonds. The number of carbonyl (C=O) groups is 2. The normalized spacial score (nSPS) is 15.7. The van der Waals surface area contributed by atoms with Gasteiger partial charge in [-0.25, -0.2) is 8.78 Å². The maximum absolute atomic E-state index is 13.4. The summed E-state index contributed by atoms with van der Waals surface area (Å²) in [5.41, 5.74) is -1.32. The Morgan fingerprint density at radius 3 is 2.22 bits per heavy atom. The summed E-state index contributed by atoms with van der Waals surface area (Å²) in [6.45, 7) is 10.7. The van der Waals surface area contributed by atoms with Gasteiger partial charge >= 0.3 is 0 Å². The summed E-state index contributed by atoms with van der Waals surface area (Å²) in [6.07, 6.45) is 0. The van der Waals surface area contributed by atoms with Gasteiger partial charge in [-0.1, -0.05) is 20.8 Å². The number of nitrogens with zero attached hydrogens (tertiary/aromatic N) is 1. The summed E-state index contributed by atoms with van der Waals surface area (Å²) in [5.74, 6) is -1.99. The van der Waals surface area contributed by atoms with E-state index in [0.29, 0.717) is 16.7 Å². The van der Waals surface area contributed by atoms with E-state index in [0.717, 1.165) is 12.1 Å². The van der Waals surface area contributed by atoms with Crippen LogP contribution >= 0.6 is 11.8 Å². The van der Waals surface area contributed by atoms with Crippen LogP contribution in [0.3, 0.4) is 0 Å². The predicted molar refractivity (Wildman–Crippen MR) is 102 cm³/mol. The Balaban J connectivity index is 2.24. The van der Waals surface area contributed by atoms with E-state index in [1.165, 1.54) is 16.7 Å². The van der Waals surface area contributed by atoms with E-state index in [1.54, 1.807) is 20.8 Å². The van der Waals surface area contributed by atoms with E-state index in [-0.39, 0.29) is 23.1 Å². The molecule has 0 saturated heterocycles. The fraction of sp³-hybridized carbons (Fsp3) is 0.474. The van der Waals surface area contributed by atoms with Crippen molar-refractivity contribution in [3.05, 3.63) is 40.5 Å². The zero-order valence-corrected chi connectivity index (χ0v) is 17.1. The number of nitrogens with one attached hydrogen (secondary N) is 1. The average Bonchev–Trinajstić information content (AvgIpc) is 2.49. The van der Waals surface area contributed by atoms with Gasteiger partial charge in [-0.05, 0) is 32.9 Å². The summed E-state index contributed by atoms with van der Waals surface area (Å²) in [7, 11) is 0. The molecule has 0 atom stereocenters. The second-order valence-corrected chi connectivity index (χ2v) is 9.61. The minimum atomic E-state index is -1.30. The second kappa shape index (κ2) is 7.50. The molecule has 0 bridgehead atoms. The SMILES string of the molecule is CC1=C(SC(C)(C)C)C(=O)N(C(C)(C)C(=O)Nc2cc(F)cc(F)c2)CO1. The fourth-order valence-electron chi connectivity index (χ4n) is 2.43. The molecule has 0 saturated carbocycles. The number of thioether (sulfide) groups is 1. The quantitative estimate of drug-likeness (QED) is 0.823. The number of anilines is 1. The molecular weight excluding hydrogens is 374 g/mol. The molecule has 1 aromatic carbocycles. The van der Waals surface area contributed by atoms with Gasteiger partial charge in [0.25, 0.3) is 5.91 Å². The molecule has 0 fully saturated rings. The third-order valence-corrected chi connectivity index (χ3v) is 5.21. The Kier molecular flexibility index (Phi) is 5.89. The molecule has 1 heterocycles. The number of carbonyl (C=O) groups excluding carboxylic acids is 2. The van der Waals surface area contributed by atoms with Crippen LogP contribution in [0.15, 0.2) is 28.9 Å². The summed E-state index contributed by atoms with van der Waals surface area (Å²) < 4.78 is 32.1. The van der Waals surface area contributed by atoms with Crippen molar-refractivity contribution in [3.63, 3.8) is 0 Å². The Hall–Kier alpha value is -2.09. The van der Waals surface area contributed by atoms with Crippen molar-refractivity contribution >= 4 is 29.3 Å². The molecule has 148 valence electrons. The van der Waals surface area contributed by atoms with E-state index >= 15 is 0 Å².